The second-order valence-corrected chi connectivity index (χ2v) is 3.17. The van der Waals surface area contributed by atoms with E-state index in [0.29, 0.717) is 5.92 Å². The van der Waals surface area contributed by atoms with Crippen molar-refractivity contribution in [3.05, 3.63) is 0 Å². The lowest BCUT2D eigenvalue weighted by Gasteiger charge is -2.31. The van der Waals surface area contributed by atoms with Gasteiger partial charge in [0, 0.05) is 6.10 Å². The summed E-state index contributed by atoms with van der Waals surface area (Å²) in [6.45, 7) is 2.02. The molecule has 1 aliphatic rings. The minimum Gasteiger partial charge on any atom is -0.546 e. The van der Waals surface area contributed by atoms with E-state index in [1.165, 1.54) is 6.42 Å². The molecule has 3 heteroatoms. The van der Waals surface area contributed by atoms with E-state index in [9.17, 15) is 9.90 Å². The van der Waals surface area contributed by atoms with Gasteiger partial charge in [0.15, 0.2) is 0 Å². The van der Waals surface area contributed by atoms with Gasteiger partial charge >= 0.3 is 0 Å². The Kier molecular flexibility index (Phi) is 2.74. The molecular weight excluding hydrogens is 144 g/mol. The molecule has 0 amide bonds. The third kappa shape index (κ3) is 2.41. The number of hydrogen-bond donors (Lipinski definition) is 0. The summed E-state index contributed by atoms with van der Waals surface area (Å²) in [5.41, 5.74) is 0. The van der Waals surface area contributed by atoms with Crippen LogP contribution in [0.5, 0.6) is 0 Å². The molecule has 0 aliphatic heterocycles. The molecule has 2 atom stereocenters. The number of rotatable bonds is 1. The van der Waals surface area contributed by atoms with Gasteiger partial charge in [0.1, 0.15) is 0 Å². The Labute approximate surface area is 66.4 Å². The fourth-order valence-electron chi connectivity index (χ4n) is 1.58. The molecule has 0 saturated heterocycles. The van der Waals surface area contributed by atoms with Crippen LogP contribution in [0.1, 0.15) is 32.6 Å². The van der Waals surface area contributed by atoms with Crippen LogP contribution in [0.4, 0.5) is 4.79 Å². The molecule has 1 fully saturated rings. The number of carbonyl (C=O) groups is 1. The molecular formula is C8H13O3-. The van der Waals surface area contributed by atoms with Crippen LogP contribution >= 0.6 is 0 Å². The third-order valence-electron chi connectivity index (χ3n) is 2.28. The molecule has 0 aromatic heterocycles. The lowest BCUT2D eigenvalue weighted by atomic mass is 9.88. The van der Waals surface area contributed by atoms with Gasteiger partial charge in [0.2, 0.25) is 0 Å². The topological polar surface area (TPSA) is 49.4 Å². The molecule has 0 N–H and O–H groups in total. The van der Waals surface area contributed by atoms with Crippen LogP contribution in [0.25, 0.3) is 0 Å². The van der Waals surface area contributed by atoms with Gasteiger partial charge in [0.05, 0.1) is 0 Å². The fourth-order valence-corrected chi connectivity index (χ4v) is 1.58. The summed E-state index contributed by atoms with van der Waals surface area (Å²) in [7, 11) is 0. The van der Waals surface area contributed by atoms with E-state index in [1.807, 2.05) is 6.92 Å². The molecule has 64 valence electrons. The second-order valence-electron chi connectivity index (χ2n) is 3.17. The van der Waals surface area contributed by atoms with Crippen molar-refractivity contribution in [1.29, 1.82) is 0 Å². The van der Waals surface area contributed by atoms with E-state index in [2.05, 4.69) is 4.74 Å². The maximum Gasteiger partial charge on any atom is 0.252 e. The summed E-state index contributed by atoms with van der Waals surface area (Å²) in [5.74, 6) is 0.363. The molecule has 0 bridgehead atoms. The van der Waals surface area contributed by atoms with E-state index in [1.54, 1.807) is 0 Å². The smallest absolute Gasteiger partial charge is 0.252 e. The van der Waals surface area contributed by atoms with E-state index in [-0.39, 0.29) is 6.10 Å². The first-order chi connectivity index (χ1) is 5.20. The van der Waals surface area contributed by atoms with Crippen molar-refractivity contribution >= 4 is 6.16 Å². The van der Waals surface area contributed by atoms with Crippen molar-refractivity contribution < 1.29 is 14.6 Å². The van der Waals surface area contributed by atoms with Crippen molar-refractivity contribution in [3.63, 3.8) is 0 Å². The van der Waals surface area contributed by atoms with Gasteiger partial charge in [-0.25, -0.2) is 0 Å². The molecule has 0 spiro atoms. The predicted octanol–water partition coefficient (Wildman–Crippen LogP) is 0.925. The highest BCUT2D eigenvalue weighted by Gasteiger charge is 2.19. The highest BCUT2D eigenvalue weighted by atomic mass is 16.7. The standard InChI is InChI=1S/C8H14O3/c1-6-4-2-3-5-7(6)11-8(9)10/h6-7H,2-5H2,1H3,(H,9,10)/p-1/t6-,7-/m1/s1. The van der Waals surface area contributed by atoms with Crippen LogP contribution in [0.15, 0.2) is 0 Å². The summed E-state index contributed by atoms with van der Waals surface area (Å²) in [6, 6.07) is 0. The zero-order chi connectivity index (χ0) is 8.27. The Hall–Kier alpha value is -0.730. The minimum absolute atomic E-state index is 0.117. The van der Waals surface area contributed by atoms with Crippen molar-refractivity contribution in [2.45, 2.75) is 38.7 Å². The summed E-state index contributed by atoms with van der Waals surface area (Å²) in [5, 5.41) is 10.1. The van der Waals surface area contributed by atoms with Gasteiger partial charge < -0.3 is 14.6 Å². The fraction of sp³-hybridized carbons (Fsp3) is 0.875. The Balaban J connectivity index is 2.35. The highest BCUT2D eigenvalue weighted by molar-refractivity contribution is 5.54. The van der Waals surface area contributed by atoms with Gasteiger partial charge in [-0.3, -0.25) is 0 Å². The van der Waals surface area contributed by atoms with Gasteiger partial charge in [-0.1, -0.05) is 19.8 Å². The Bertz CT molecular complexity index is 144. The molecule has 11 heavy (non-hydrogen) atoms. The summed E-state index contributed by atoms with van der Waals surface area (Å²) < 4.78 is 4.61. The van der Waals surface area contributed by atoms with Crippen molar-refractivity contribution in [3.8, 4) is 0 Å². The highest BCUT2D eigenvalue weighted by Crippen LogP contribution is 2.25. The van der Waals surface area contributed by atoms with E-state index in [0.717, 1.165) is 19.3 Å². The second kappa shape index (κ2) is 3.60. The van der Waals surface area contributed by atoms with Crippen LogP contribution in [0.3, 0.4) is 0 Å². The third-order valence-corrected chi connectivity index (χ3v) is 2.28. The molecule has 0 radical (unpaired) electrons. The number of hydrogen-bond acceptors (Lipinski definition) is 3. The number of carbonyl (C=O) groups excluding carboxylic acids is 1. The lowest BCUT2D eigenvalue weighted by Crippen LogP contribution is -2.34. The summed E-state index contributed by atoms with van der Waals surface area (Å²) >= 11 is 0. The van der Waals surface area contributed by atoms with Gasteiger partial charge in [-0.15, -0.1) is 0 Å². The van der Waals surface area contributed by atoms with Crippen LogP contribution in [0.2, 0.25) is 0 Å². The molecule has 0 aromatic rings. The first-order valence-electron chi connectivity index (χ1n) is 4.08. The van der Waals surface area contributed by atoms with E-state index < -0.39 is 6.16 Å². The van der Waals surface area contributed by atoms with Gasteiger partial charge in [-0.05, 0) is 18.8 Å². The summed E-state index contributed by atoms with van der Waals surface area (Å²) in [4.78, 5) is 10.1. The number of carboxylic acid groups (broad SMARTS) is 1. The maximum atomic E-state index is 10.1. The normalized spacial score (nSPS) is 31.4. The predicted molar refractivity (Wildman–Crippen MR) is 37.9 cm³/mol. The molecule has 1 rings (SSSR count). The van der Waals surface area contributed by atoms with Crippen molar-refractivity contribution in [2.24, 2.45) is 5.92 Å². The lowest BCUT2D eigenvalue weighted by molar-refractivity contribution is -0.290. The van der Waals surface area contributed by atoms with Crippen LogP contribution in [-0.2, 0) is 4.74 Å². The average Bonchev–Trinajstić information content (AvgIpc) is 1.93. The average molecular weight is 157 g/mol. The molecule has 1 saturated carbocycles. The largest absolute Gasteiger partial charge is 0.546 e. The van der Waals surface area contributed by atoms with Gasteiger partial charge in [-0.2, -0.15) is 0 Å². The van der Waals surface area contributed by atoms with Gasteiger partial charge in [0.25, 0.3) is 6.16 Å². The Morgan fingerprint density at radius 3 is 2.64 bits per heavy atom. The first kappa shape index (κ1) is 8.37. The van der Waals surface area contributed by atoms with Crippen molar-refractivity contribution in [1.82, 2.24) is 0 Å². The molecule has 3 nitrogen and oxygen atoms in total. The van der Waals surface area contributed by atoms with Crippen molar-refractivity contribution in [2.75, 3.05) is 0 Å². The zero-order valence-electron chi connectivity index (χ0n) is 6.71. The zero-order valence-corrected chi connectivity index (χ0v) is 6.71. The summed E-state index contributed by atoms with van der Waals surface area (Å²) in [6.07, 6.45) is 2.68. The first-order valence-corrected chi connectivity index (χ1v) is 4.08. The minimum atomic E-state index is -1.39. The maximum absolute atomic E-state index is 10.1. The molecule has 0 heterocycles. The van der Waals surface area contributed by atoms with Crippen LogP contribution in [0, 0.1) is 5.92 Å². The van der Waals surface area contributed by atoms with Crippen LogP contribution in [-0.4, -0.2) is 12.3 Å². The van der Waals surface area contributed by atoms with E-state index >= 15 is 0 Å². The Morgan fingerprint density at radius 1 is 1.45 bits per heavy atom. The van der Waals surface area contributed by atoms with Crippen LogP contribution < -0.4 is 5.11 Å². The molecule has 0 aromatic carbocycles. The molecule has 1 aliphatic carbocycles. The molecule has 0 unspecified atom stereocenters. The SMILES string of the molecule is C[C@@H]1CCCC[C@H]1OC(=O)[O-]. The van der Waals surface area contributed by atoms with E-state index in [4.69, 9.17) is 0 Å². The monoisotopic (exact) mass is 157 g/mol. The Morgan fingerprint density at radius 2 is 2.09 bits per heavy atom. The number of ether oxygens (including phenoxy) is 1. The quantitative estimate of drug-likeness (QED) is 0.532.